The summed E-state index contributed by atoms with van der Waals surface area (Å²) in [5.41, 5.74) is 5.28. The third-order valence-electron chi connectivity index (χ3n) is 2.14. The van der Waals surface area contributed by atoms with Gasteiger partial charge in [-0.2, -0.15) is 4.31 Å². The van der Waals surface area contributed by atoms with E-state index in [1.807, 2.05) is 0 Å². The van der Waals surface area contributed by atoms with Gasteiger partial charge in [0.15, 0.2) is 0 Å². The van der Waals surface area contributed by atoms with Gasteiger partial charge >= 0.3 is 0 Å². The van der Waals surface area contributed by atoms with Crippen molar-refractivity contribution in [3.63, 3.8) is 0 Å². The Morgan fingerprint density at radius 1 is 1.38 bits per heavy atom. The smallest absolute Gasteiger partial charge is 0.237 e. The molecule has 94 valence electrons. The molecule has 0 radical (unpaired) electrons. The standard InChI is InChI=1S/C8H17N3O3S2/c1-6(8(9)15)16(13,14)11(4)5-7(12)10(2)3/h6H,5H2,1-4H3,(H2,9,15). The van der Waals surface area contributed by atoms with Crippen LogP contribution >= 0.6 is 12.2 Å². The summed E-state index contributed by atoms with van der Waals surface area (Å²) in [5.74, 6) is -0.304. The summed E-state index contributed by atoms with van der Waals surface area (Å²) < 4.78 is 24.6. The highest BCUT2D eigenvalue weighted by atomic mass is 32.2. The molecule has 0 saturated heterocycles. The molecule has 0 heterocycles. The van der Waals surface area contributed by atoms with E-state index in [1.165, 1.54) is 18.9 Å². The molecular weight excluding hydrogens is 250 g/mol. The van der Waals surface area contributed by atoms with Crippen molar-refractivity contribution in [3.8, 4) is 0 Å². The minimum Gasteiger partial charge on any atom is -0.392 e. The number of hydrogen-bond donors (Lipinski definition) is 1. The number of hydrogen-bond acceptors (Lipinski definition) is 4. The van der Waals surface area contributed by atoms with E-state index in [1.54, 1.807) is 14.1 Å². The number of thiocarbonyl (C=S) groups is 1. The Morgan fingerprint density at radius 3 is 2.12 bits per heavy atom. The van der Waals surface area contributed by atoms with Crippen molar-refractivity contribution in [2.45, 2.75) is 12.2 Å². The van der Waals surface area contributed by atoms with Crippen LogP contribution in [-0.4, -0.2) is 61.5 Å². The van der Waals surface area contributed by atoms with Crippen LogP contribution in [-0.2, 0) is 14.8 Å². The molecule has 0 saturated carbocycles. The summed E-state index contributed by atoms with van der Waals surface area (Å²) in [6.07, 6.45) is 0. The first kappa shape index (κ1) is 15.3. The third-order valence-corrected chi connectivity index (χ3v) is 4.79. The molecule has 1 unspecified atom stereocenters. The lowest BCUT2D eigenvalue weighted by atomic mass is 10.5. The van der Waals surface area contributed by atoms with Gasteiger partial charge in [-0.3, -0.25) is 4.79 Å². The maximum atomic E-state index is 11.8. The number of carbonyl (C=O) groups excluding carboxylic acids is 1. The molecule has 1 atom stereocenters. The second-order valence-electron chi connectivity index (χ2n) is 3.63. The van der Waals surface area contributed by atoms with Gasteiger partial charge < -0.3 is 10.6 Å². The Hall–Kier alpha value is -0.730. The summed E-state index contributed by atoms with van der Waals surface area (Å²) in [6, 6.07) is 0. The molecule has 0 aliphatic rings. The first-order chi connectivity index (χ1) is 7.10. The summed E-state index contributed by atoms with van der Waals surface area (Å²) in [7, 11) is 0.788. The molecule has 1 amide bonds. The lowest BCUT2D eigenvalue weighted by Gasteiger charge is -2.22. The highest BCUT2D eigenvalue weighted by Gasteiger charge is 2.29. The fourth-order valence-corrected chi connectivity index (χ4v) is 2.33. The Labute approximate surface area is 101 Å². The molecule has 0 aliphatic carbocycles. The van der Waals surface area contributed by atoms with Crippen molar-refractivity contribution in [3.05, 3.63) is 0 Å². The molecule has 8 heteroatoms. The fourth-order valence-electron chi connectivity index (χ4n) is 0.839. The Kier molecular flexibility index (Phi) is 5.30. The second-order valence-corrected chi connectivity index (χ2v) is 6.47. The van der Waals surface area contributed by atoms with Crippen LogP contribution in [0.25, 0.3) is 0 Å². The van der Waals surface area contributed by atoms with Gasteiger partial charge in [0, 0.05) is 21.1 Å². The van der Waals surface area contributed by atoms with Crippen LogP contribution in [0.15, 0.2) is 0 Å². The number of carbonyl (C=O) groups is 1. The lowest BCUT2D eigenvalue weighted by molar-refractivity contribution is -0.128. The molecular formula is C8H17N3O3S2. The monoisotopic (exact) mass is 267 g/mol. The van der Waals surface area contributed by atoms with E-state index < -0.39 is 15.3 Å². The van der Waals surface area contributed by atoms with Crippen molar-refractivity contribution in [1.29, 1.82) is 0 Å². The zero-order valence-corrected chi connectivity index (χ0v) is 11.4. The number of amides is 1. The zero-order valence-electron chi connectivity index (χ0n) is 9.80. The van der Waals surface area contributed by atoms with Crippen LogP contribution in [0.4, 0.5) is 0 Å². The normalized spacial score (nSPS) is 13.6. The molecule has 0 spiro atoms. The molecule has 0 bridgehead atoms. The number of likely N-dealkylation sites (N-methyl/N-ethyl adjacent to an activating group) is 2. The van der Waals surface area contributed by atoms with Gasteiger partial charge in [-0.1, -0.05) is 12.2 Å². The minimum absolute atomic E-state index is 0.107. The Bertz CT molecular complexity index is 378. The van der Waals surface area contributed by atoms with Crippen LogP contribution in [0.2, 0.25) is 0 Å². The van der Waals surface area contributed by atoms with Crippen LogP contribution < -0.4 is 5.73 Å². The number of rotatable bonds is 5. The van der Waals surface area contributed by atoms with Crippen LogP contribution in [0.5, 0.6) is 0 Å². The number of nitrogens with two attached hydrogens (primary N) is 1. The van der Waals surface area contributed by atoms with E-state index in [2.05, 4.69) is 12.2 Å². The van der Waals surface area contributed by atoms with Gasteiger partial charge in [0.05, 0.1) is 11.5 Å². The zero-order chi connectivity index (χ0) is 13.1. The average molecular weight is 267 g/mol. The van der Waals surface area contributed by atoms with E-state index >= 15 is 0 Å². The van der Waals surface area contributed by atoms with Crippen molar-refractivity contribution in [1.82, 2.24) is 9.21 Å². The molecule has 2 N–H and O–H groups in total. The molecule has 0 aromatic heterocycles. The van der Waals surface area contributed by atoms with E-state index in [-0.39, 0.29) is 17.4 Å². The van der Waals surface area contributed by atoms with Gasteiger partial charge in [0.2, 0.25) is 15.9 Å². The molecule has 6 nitrogen and oxygen atoms in total. The molecule has 0 aromatic carbocycles. The quantitative estimate of drug-likeness (QED) is 0.647. The maximum Gasteiger partial charge on any atom is 0.237 e. The van der Waals surface area contributed by atoms with E-state index in [0.29, 0.717) is 0 Å². The number of sulfonamides is 1. The fraction of sp³-hybridized carbons (Fsp3) is 0.750. The molecule has 0 rings (SSSR count). The summed E-state index contributed by atoms with van der Waals surface area (Å²) in [5, 5.41) is -0.970. The predicted octanol–water partition coefficient (Wildman–Crippen LogP) is -0.989. The number of nitrogens with zero attached hydrogens (tertiary/aromatic N) is 2. The topological polar surface area (TPSA) is 83.7 Å². The first-order valence-electron chi connectivity index (χ1n) is 4.55. The van der Waals surface area contributed by atoms with Crippen LogP contribution in [0.1, 0.15) is 6.92 Å². The third kappa shape index (κ3) is 3.69. The van der Waals surface area contributed by atoms with Crippen molar-refractivity contribution >= 4 is 33.1 Å². The molecule has 0 aliphatic heterocycles. The van der Waals surface area contributed by atoms with Gasteiger partial charge in [-0.15, -0.1) is 0 Å². The van der Waals surface area contributed by atoms with Gasteiger partial charge in [0.25, 0.3) is 0 Å². The largest absolute Gasteiger partial charge is 0.392 e. The van der Waals surface area contributed by atoms with Gasteiger partial charge in [0.1, 0.15) is 5.25 Å². The van der Waals surface area contributed by atoms with Crippen molar-refractivity contribution in [2.24, 2.45) is 5.73 Å². The SMILES string of the molecule is CC(C(N)=S)S(=O)(=O)N(C)CC(=O)N(C)C. The average Bonchev–Trinajstić information content (AvgIpc) is 2.15. The highest BCUT2D eigenvalue weighted by Crippen LogP contribution is 2.07. The van der Waals surface area contributed by atoms with Gasteiger partial charge in [-0.05, 0) is 6.92 Å². The Balaban J connectivity index is 4.79. The maximum absolute atomic E-state index is 11.8. The van der Waals surface area contributed by atoms with Crippen molar-refractivity contribution < 1.29 is 13.2 Å². The molecule has 16 heavy (non-hydrogen) atoms. The predicted molar refractivity (Wildman–Crippen MR) is 66.5 cm³/mol. The van der Waals surface area contributed by atoms with Crippen LogP contribution in [0, 0.1) is 0 Å². The lowest BCUT2D eigenvalue weighted by Crippen LogP contribution is -2.45. The first-order valence-corrected chi connectivity index (χ1v) is 6.46. The summed E-state index contributed by atoms with van der Waals surface area (Å²) in [6.45, 7) is 1.18. The van der Waals surface area contributed by atoms with E-state index in [0.717, 1.165) is 4.31 Å². The molecule has 0 aromatic rings. The molecule has 0 fully saturated rings. The minimum atomic E-state index is -3.65. The summed E-state index contributed by atoms with van der Waals surface area (Å²) >= 11 is 4.63. The second kappa shape index (κ2) is 5.55. The van der Waals surface area contributed by atoms with Crippen molar-refractivity contribution in [2.75, 3.05) is 27.7 Å². The van der Waals surface area contributed by atoms with Crippen LogP contribution in [0.3, 0.4) is 0 Å². The van der Waals surface area contributed by atoms with E-state index in [4.69, 9.17) is 5.73 Å². The van der Waals surface area contributed by atoms with E-state index in [9.17, 15) is 13.2 Å². The van der Waals surface area contributed by atoms with Gasteiger partial charge in [-0.25, -0.2) is 8.42 Å². The summed E-state index contributed by atoms with van der Waals surface area (Å²) in [4.78, 5) is 12.6. The highest BCUT2D eigenvalue weighted by molar-refractivity contribution is 7.92. The Morgan fingerprint density at radius 2 is 1.81 bits per heavy atom.